The van der Waals surface area contributed by atoms with Crippen LogP contribution in [0.25, 0.3) is 0 Å². The third-order valence-electron chi connectivity index (χ3n) is 2.37. The summed E-state index contributed by atoms with van der Waals surface area (Å²) in [4.78, 5) is 21.9. The summed E-state index contributed by atoms with van der Waals surface area (Å²) in [6.45, 7) is 4.67. The van der Waals surface area contributed by atoms with Gasteiger partial charge in [0, 0.05) is 17.8 Å². The molecule has 0 saturated carbocycles. The maximum Gasteiger partial charge on any atom is 0.333 e. The van der Waals surface area contributed by atoms with Crippen LogP contribution in [0, 0.1) is 0 Å². The molecule has 0 amide bonds. The van der Waals surface area contributed by atoms with Crippen molar-refractivity contribution in [1.82, 2.24) is 0 Å². The average molecular weight is 272 g/mol. The summed E-state index contributed by atoms with van der Waals surface area (Å²) in [6, 6.07) is 0. The first-order chi connectivity index (χ1) is 8.88. The summed E-state index contributed by atoms with van der Waals surface area (Å²) >= 11 is 0. The van der Waals surface area contributed by atoms with Crippen molar-refractivity contribution in [3.63, 3.8) is 0 Å². The SMILES string of the molecule is C=C(CCCO)C(=O)OCC(O)CC=C(C)C(=O)O. The second kappa shape index (κ2) is 9.29. The number of aliphatic hydroxyl groups excluding tert-OH is 2. The van der Waals surface area contributed by atoms with Gasteiger partial charge in [-0.1, -0.05) is 12.7 Å². The predicted molar refractivity (Wildman–Crippen MR) is 68.4 cm³/mol. The number of carbonyl (C=O) groups is 2. The van der Waals surface area contributed by atoms with Crippen molar-refractivity contribution in [2.45, 2.75) is 32.3 Å². The molecular formula is C13H20O6. The summed E-state index contributed by atoms with van der Waals surface area (Å²) < 4.78 is 4.81. The Bertz CT molecular complexity index is 358. The van der Waals surface area contributed by atoms with E-state index in [4.69, 9.17) is 14.9 Å². The zero-order chi connectivity index (χ0) is 14.8. The van der Waals surface area contributed by atoms with Gasteiger partial charge in [0.25, 0.3) is 0 Å². The lowest BCUT2D eigenvalue weighted by Gasteiger charge is -2.10. The van der Waals surface area contributed by atoms with Crippen LogP contribution in [0.15, 0.2) is 23.8 Å². The molecule has 0 radical (unpaired) electrons. The highest BCUT2D eigenvalue weighted by Crippen LogP contribution is 2.06. The summed E-state index contributed by atoms with van der Waals surface area (Å²) in [5.41, 5.74) is 0.358. The smallest absolute Gasteiger partial charge is 0.333 e. The Morgan fingerprint density at radius 2 is 2.05 bits per heavy atom. The molecule has 1 unspecified atom stereocenters. The Kier molecular flexibility index (Phi) is 8.48. The van der Waals surface area contributed by atoms with Crippen molar-refractivity contribution in [3.8, 4) is 0 Å². The van der Waals surface area contributed by atoms with E-state index in [0.717, 1.165) is 0 Å². The highest BCUT2D eigenvalue weighted by atomic mass is 16.5. The topological polar surface area (TPSA) is 104 Å². The minimum absolute atomic E-state index is 0.0335. The maximum absolute atomic E-state index is 11.4. The molecule has 0 fully saturated rings. The van der Waals surface area contributed by atoms with Crippen LogP contribution in [-0.2, 0) is 14.3 Å². The number of esters is 1. The van der Waals surface area contributed by atoms with Crippen LogP contribution in [0.5, 0.6) is 0 Å². The minimum Gasteiger partial charge on any atom is -0.478 e. The molecule has 0 aromatic rings. The van der Waals surface area contributed by atoms with Crippen molar-refractivity contribution in [2.75, 3.05) is 13.2 Å². The normalized spacial score (nSPS) is 12.9. The maximum atomic E-state index is 11.4. The first kappa shape index (κ1) is 17.3. The van der Waals surface area contributed by atoms with Crippen molar-refractivity contribution >= 4 is 11.9 Å². The predicted octanol–water partition coefficient (Wildman–Crippen LogP) is 0.640. The van der Waals surface area contributed by atoms with Gasteiger partial charge in [0.2, 0.25) is 0 Å². The number of carbonyl (C=O) groups excluding carboxylic acids is 1. The van der Waals surface area contributed by atoms with Crippen LogP contribution in [0.2, 0.25) is 0 Å². The van der Waals surface area contributed by atoms with Gasteiger partial charge in [-0.05, 0) is 26.2 Å². The summed E-state index contributed by atoms with van der Waals surface area (Å²) in [7, 11) is 0. The van der Waals surface area contributed by atoms with E-state index in [1.165, 1.54) is 13.0 Å². The van der Waals surface area contributed by atoms with Crippen LogP contribution >= 0.6 is 0 Å². The van der Waals surface area contributed by atoms with Crippen molar-refractivity contribution in [3.05, 3.63) is 23.8 Å². The summed E-state index contributed by atoms with van der Waals surface area (Å²) in [5, 5.41) is 26.7. The van der Waals surface area contributed by atoms with E-state index in [0.29, 0.717) is 12.8 Å². The number of ether oxygens (including phenoxy) is 1. The monoisotopic (exact) mass is 272 g/mol. The Labute approximate surface area is 112 Å². The minimum atomic E-state index is -1.05. The quantitative estimate of drug-likeness (QED) is 0.420. The molecule has 6 heteroatoms. The van der Waals surface area contributed by atoms with E-state index >= 15 is 0 Å². The molecule has 0 aliphatic rings. The van der Waals surface area contributed by atoms with E-state index in [1.54, 1.807) is 0 Å². The number of carboxylic acids is 1. The molecule has 0 aromatic carbocycles. The zero-order valence-electron chi connectivity index (χ0n) is 11.0. The Morgan fingerprint density at radius 1 is 1.42 bits per heavy atom. The molecule has 0 aliphatic carbocycles. The molecule has 3 N–H and O–H groups in total. The zero-order valence-corrected chi connectivity index (χ0v) is 11.0. The van der Waals surface area contributed by atoms with Crippen molar-refractivity contribution in [2.24, 2.45) is 0 Å². The van der Waals surface area contributed by atoms with Crippen molar-refractivity contribution in [1.29, 1.82) is 0 Å². The average Bonchev–Trinajstić information content (AvgIpc) is 2.38. The Hall–Kier alpha value is -1.66. The van der Waals surface area contributed by atoms with E-state index in [9.17, 15) is 14.7 Å². The fourth-order valence-corrected chi connectivity index (χ4v) is 1.14. The van der Waals surface area contributed by atoms with E-state index in [-0.39, 0.29) is 30.8 Å². The fourth-order valence-electron chi connectivity index (χ4n) is 1.14. The van der Waals surface area contributed by atoms with E-state index in [1.807, 2.05) is 0 Å². The molecule has 0 aliphatic heterocycles. The molecule has 6 nitrogen and oxygen atoms in total. The number of carboxylic acid groups (broad SMARTS) is 1. The van der Waals surface area contributed by atoms with Gasteiger partial charge in [-0.2, -0.15) is 0 Å². The first-order valence-electron chi connectivity index (χ1n) is 5.92. The molecule has 0 heterocycles. The standard InChI is InChI=1S/C13H20O6/c1-9(12(16)17)5-6-11(15)8-19-13(18)10(2)4-3-7-14/h5,11,14-15H,2-4,6-8H2,1H3,(H,16,17). The molecule has 0 aromatic heterocycles. The van der Waals surface area contributed by atoms with Gasteiger partial charge in [-0.3, -0.25) is 0 Å². The lowest BCUT2D eigenvalue weighted by atomic mass is 10.1. The molecular weight excluding hydrogens is 252 g/mol. The number of hydrogen-bond acceptors (Lipinski definition) is 5. The number of aliphatic carboxylic acids is 1. The molecule has 0 spiro atoms. The number of rotatable bonds is 9. The van der Waals surface area contributed by atoms with Gasteiger partial charge >= 0.3 is 11.9 Å². The van der Waals surface area contributed by atoms with E-state index < -0.39 is 18.0 Å². The molecule has 1 atom stereocenters. The lowest BCUT2D eigenvalue weighted by molar-refractivity contribution is -0.142. The van der Waals surface area contributed by atoms with Crippen LogP contribution < -0.4 is 0 Å². The van der Waals surface area contributed by atoms with Crippen molar-refractivity contribution < 1.29 is 29.6 Å². The van der Waals surface area contributed by atoms with Crippen LogP contribution in [0.1, 0.15) is 26.2 Å². The molecule has 108 valence electrons. The van der Waals surface area contributed by atoms with Crippen LogP contribution in [0.3, 0.4) is 0 Å². The lowest BCUT2D eigenvalue weighted by Crippen LogP contribution is -2.19. The Balaban J connectivity index is 3.99. The van der Waals surface area contributed by atoms with Gasteiger partial charge in [-0.25, -0.2) is 9.59 Å². The van der Waals surface area contributed by atoms with Gasteiger partial charge in [-0.15, -0.1) is 0 Å². The summed E-state index contributed by atoms with van der Waals surface area (Å²) in [6.07, 6.45) is 1.26. The molecule has 0 rings (SSSR count). The summed E-state index contributed by atoms with van der Waals surface area (Å²) in [5.74, 6) is -1.67. The first-order valence-corrected chi connectivity index (χ1v) is 5.92. The van der Waals surface area contributed by atoms with Crippen LogP contribution in [0.4, 0.5) is 0 Å². The molecule has 0 bridgehead atoms. The van der Waals surface area contributed by atoms with Gasteiger partial charge in [0.15, 0.2) is 0 Å². The van der Waals surface area contributed by atoms with Gasteiger partial charge in [0.05, 0.1) is 6.10 Å². The number of hydrogen-bond donors (Lipinski definition) is 3. The Morgan fingerprint density at radius 3 is 2.58 bits per heavy atom. The van der Waals surface area contributed by atoms with Gasteiger partial charge in [0.1, 0.15) is 6.61 Å². The fraction of sp³-hybridized carbons (Fsp3) is 0.538. The highest BCUT2D eigenvalue weighted by molar-refractivity contribution is 5.87. The second-order valence-corrected chi connectivity index (χ2v) is 4.11. The highest BCUT2D eigenvalue weighted by Gasteiger charge is 2.11. The second-order valence-electron chi connectivity index (χ2n) is 4.11. The molecule has 19 heavy (non-hydrogen) atoms. The third kappa shape index (κ3) is 8.12. The van der Waals surface area contributed by atoms with E-state index in [2.05, 4.69) is 6.58 Å². The number of aliphatic hydroxyl groups is 2. The largest absolute Gasteiger partial charge is 0.478 e. The van der Waals surface area contributed by atoms with Gasteiger partial charge < -0.3 is 20.1 Å². The molecule has 0 saturated heterocycles. The van der Waals surface area contributed by atoms with Crippen LogP contribution in [-0.4, -0.2) is 46.6 Å². The third-order valence-corrected chi connectivity index (χ3v) is 2.37.